The summed E-state index contributed by atoms with van der Waals surface area (Å²) in [6.07, 6.45) is 2.72. The lowest BCUT2D eigenvalue weighted by Gasteiger charge is -2.15. The molecule has 1 N–H and O–H groups in total. The summed E-state index contributed by atoms with van der Waals surface area (Å²) < 4.78 is 16.2. The second-order valence-electron chi connectivity index (χ2n) is 3.91. The smallest absolute Gasteiger partial charge is 0.330 e. The van der Waals surface area contributed by atoms with Crippen molar-refractivity contribution in [2.24, 2.45) is 0 Å². The normalized spacial score (nSPS) is 10.7. The lowest BCUT2D eigenvalue weighted by atomic mass is 10.1. The van der Waals surface area contributed by atoms with Gasteiger partial charge in [-0.05, 0) is 48.8 Å². The van der Waals surface area contributed by atoms with Crippen molar-refractivity contribution in [3.63, 3.8) is 0 Å². The van der Waals surface area contributed by atoms with Crippen LogP contribution >= 0.6 is 15.9 Å². The summed E-state index contributed by atoms with van der Waals surface area (Å²) in [6, 6.07) is 1.62. The average Bonchev–Trinajstić information content (AvgIpc) is 2.46. The summed E-state index contributed by atoms with van der Waals surface area (Å²) in [5, 5.41) is 10.2. The maximum atomic E-state index is 11.3. The van der Waals surface area contributed by atoms with Crippen LogP contribution in [0.4, 0.5) is 0 Å². The van der Waals surface area contributed by atoms with Crippen molar-refractivity contribution in [2.75, 3.05) is 19.8 Å². The zero-order chi connectivity index (χ0) is 15.8. The van der Waals surface area contributed by atoms with E-state index in [-0.39, 0.29) is 5.75 Å². The van der Waals surface area contributed by atoms with Gasteiger partial charge in [-0.15, -0.1) is 0 Å². The number of phenolic OH excluding ortho intramolecular Hbond substituents is 1. The molecule has 6 heteroatoms. The van der Waals surface area contributed by atoms with Gasteiger partial charge in [0.05, 0.1) is 19.8 Å². The molecule has 0 aliphatic rings. The Morgan fingerprint density at radius 3 is 2.48 bits per heavy atom. The van der Waals surface area contributed by atoms with Crippen LogP contribution in [-0.2, 0) is 9.53 Å². The fraction of sp³-hybridized carbons (Fsp3) is 0.400. The summed E-state index contributed by atoms with van der Waals surface area (Å²) in [6.45, 7) is 6.61. The number of benzene rings is 1. The van der Waals surface area contributed by atoms with Crippen LogP contribution < -0.4 is 9.47 Å². The summed E-state index contributed by atoms with van der Waals surface area (Å²) >= 11 is 3.29. The summed E-state index contributed by atoms with van der Waals surface area (Å²) in [7, 11) is 0. The Bertz CT molecular complexity index is 525. The highest BCUT2D eigenvalue weighted by Gasteiger charge is 2.17. The molecule has 116 valence electrons. The van der Waals surface area contributed by atoms with E-state index in [9.17, 15) is 9.90 Å². The van der Waals surface area contributed by atoms with E-state index in [1.54, 1.807) is 13.0 Å². The number of hydrogen-bond donors (Lipinski definition) is 1. The molecule has 0 unspecified atom stereocenters. The number of halogens is 1. The van der Waals surface area contributed by atoms with E-state index in [0.717, 1.165) is 0 Å². The number of hydrogen-bond acceptors (Lipinski definition) is 5. The lowest BCUT2D eigenvalue weighted by molar-refractivity contribution is -0.137. The van der Waals surface area contributed by atoms with Crippen LogP contribution in [0.2, 0.25) is 0 Å². The van der Waals surface area contributed by atoms with E-state index in [2.05, 4.69) is 15.9 Å². The number of carbonyl (C=O) groups is 1. The fourth-order valence-corrected chi connectivity index (χ4v) is 2.17. The molecular weight excluding hydrogens is 340 g/mol. The van der Waals surface area contributed by atoms with Crippen molar-refractivity contribution < 1.29 is 24.1 Å². The zero-order valence-corrected chi connectivity index (χ0v) is 13.9. The van der Waals surface area contributed by atoms with Crippen molar-refractivity contribution in [1.82, 2.24) is 0 Å². The maximum absolute atomic E-state index is 11.3. The molecule has 1 aromatic rings. The van der Waals surface area contributed by atoms with E-state index in [1.807, 2.05) is 13.8 Å². The van der Waals surface area contributed by atoms with Gasteiger partial charge in [-0.3, -0.25) is 0 Å². The molecule has 21 heavy (non-hydrogen) atoms. The van der Waals surface area contributed by atoms with Gasteiger partial charge in [0, 0.05) is 11.6 Å². The van der Waals surface area contributed by atoms with Crippen molar-refractivity contribution in [1.29, 1.82) is 0 Å². The first-order valence-electron chi connectivity index (χ1n) is 6.70. The summed E-state index contributed by atoms with van der Waals surface area (Å²) in [5.74, 6) is 0.431. The first kappa shape index (κ1) is 17.4. The number of phenols is 1. The quantitative estimate of drug-likeness (QED) is 0.596. The van der Waals surface area contributed by atoms with Crippen LogP contribution in [0.15, 0.2) is 16.6 Å². The molecule has 0 amide bonds. The van der Waals surface area contributed by atoms with E-state index in [0.29, 0.717) is 41.4 Å². The van der Waals surface area contributed by atoms with E-state index in [4.69, 9.17) is 14.2 Å². The Hall–Kier alpha value is -1.69. The molecule has 0 spiro atoms. The molecule has 0 heterocycles. The Kier molecular flexibility index (Phi) is 7.08. The third kappa shape index (κ3) is 4.67. The minimum Gasteiger partial charge on any atom is -0.506 e. The van der Waals surface area contributed by atoms with Gasteiger partial charge in [0.2, 0.25) is 0 Å². The van der Waals surface area contributed by atoms with Crippen LogP contribution in [0, 0.1) is 0 Å². The highest BCUT2D eigenvalue weighted by atomic mass is 79.9. The third-order valence-corrected chi connectivity index (χ3v) is 3.20. The predicted molar refractivity (Wildman–Crippen MR) is 83.8 cm³/mol. The van der Waals surface area contributed by atoms with Gasteiger partial charge in [-0.2, -0.15) is 0 Å². The molecule has 5 nitrogen and oxygen atoms in total. The van der Waals surface area contributed by atoms with Crippen LogP contribution in [0.25, 0.3) is 6.08 Å². The maximum Gasteiger partial charge on any atom is 0.330 e. The first-order valence-corrected chi connectivity index (χ1v) is 7.50. The van der Waals surface area contributed by atoms with Gasteiger partial charge in [0.15, 0.2) is 11.5 Å². The number of carbonyl (C=O) groups excluding carboxylic acids is 1. The molecule has 0 aromatic heterocycles. The predicted octanol–water partition coefficient (Wildman–Crippen LogP) is 3.53. The van der Waals surface area contributed by atoms with Gasteiger partial charge in [0.25, 0.3) is 0 Å². The number of rotatable bonds is 7. The second kappa shape index (κ2) is 8.56. The van der Waals surface area contributed by atoms with Gasteiger partial charge in [0.1, 0.15) is 10.2 Å². The number of ether oxygens (including phenoxy) is 3. The summed E-state index contributed by atoms with van der Waals surface area (Å²) in [4.78, 5) is 11.3. The molecular formula is C15H19BrO5. The van der Waals surface area contributed by atoms with Gasteiger partial charge in [-0.1, -0.05) is 0 Å². The molecule has 0 aliphatic heterocycles. The van der Waals surface area contributed by atoms with Crippen molar-refractivity contribution >= 4 is 28.0 Å². The van der Waals surface area contributed by atoms with Crippen molar-refractivity contribution in [3.8, 4) is 17.2 Å². The van der Waals surface area contributed by atoms with Crippen LogP contribution in [-0.4, -0.2) is 30.9 Å². The van der Waals surface area contributed by atoms with E-state index < -0.39 is 5.97 Å². The third-order valence-electron chi connectivity index (χ3n) is 2.47. The number of esters is 1. The minimum absolute atomic E-state index is 0.0255. The molecule has 1 aromatic carbocycles. The molecule has 0 radical (unpaired) electrons. The molecule has 0 fully saturated rings. The average molecular weight is 359 g/mol. The Morgan fingerprint density at radius 1 is 1.24 bits per heavy atom. The van der Waals surface area contributed by atoms with Gasteiger partial charge in [-0.25, -0.2) is 4.79 Å². The molecule has 0 saturated heterocycles. The minimum atomic E-state index is -0.472. The molecule has 0 atom stereocenters. The van der Waals surface area contributed by atoms with E-state index >= 15 is 0 Å². The SMILES string of the molecule is CCOC(=O)C=Cc1cc(OCC)c(OCC)c(Br)c1O. The molecule has 0 saturated carbocycles. The van der Waals surface area contributed by atoms with Crippen molar-refractivity contribution in [3.05, 3.63) is 22.2 Å². The van der Waals surface area contributed by atoms with Crippen LogP contribution in [0.5, 0.6) is 17.2 Å². The van der Waals surface area contributed by atoms with Crippen LogP contribution in [0.1, 0.15) is 26.3 Å². The topological polar surface area (TPSA) is 65.0 Å². The highest BCUT2D eigenvalue weighted by Crippen LogP contribution is 2.44. The van der Waals surface area contributed by atoms with Crippen molar-refractivity contribution in [2.45, 2.75) is 20.8 Å². The Morgan fingerprint density at radius 2 is 1.90 bits per heavy atom. The highest BCUT2D eigenvalue weighted by molar-refractivity contribution is 9.10. The van der Waals surface area contributed by atoms with E-state index in [1.165, 1.54) is 12.2 Å². The molecule has 0 bridgehead atoms. The standard InChI is InChI=1S/C15H19BrO5/c1-4-19-11-9-10(7-8-12(17)20-5-2)14(18)13(16)15(11)21-6-3/h7-9,18H,4-6H2,1-3H3. The first-order chi connectivity index (χ1) is 10.0. The molecule has 1 rings (SSSR count). The van der Waals surface area contributed by atoms with Crippen LogP contribution in [0.3, 0.4) is 0 Å². The Labute approximate surface area is 132 Å². The monoisotopic (exact) mass is 358 g/mol. The second-order valence-corrected chi connectivity index (χ2v) is 4.70. The number of aromatic hydroxyl groups is 1. The zero-order valence-electron chi connectivity index (χ0n) is 12.3. The summed E-state index contributed by atoms with van der Waals surface area (Å²) in [5.41, 5.74) is 0.432. The Balaban J connectivity index is 3.18. The lowest BCUT2D eigenvalue weighted by Crippen LogP contribution is -2.01. The van der Waals surface area contributed by atoms with Gasteiger partial charge >= 0.3 is 5.97 Å². The van der Waals surface area contributed by atoms with Gasteiger partial charge < -0.3 is 19.3 Å². The largest absolute Gasteiger partial charge is 0.506 e. The fourth-order valence-electron chi connectivity index (χ4n) is 1.63. The molecule has 0 aliphatic carbocycles.